The first-order valence-corrected chi connectivity index (χ1v) is 14.1. The second-order valence-corrected chi connectivity index (χ2v) is 10.7. The highest BCUT2D eigenvalue weighted by molar-refractivity contribution is 9.10. The Hall–Kier alpha value is -3.71. The van der Waals surface area contributed by atoms with Gasteiger partial charge in [0.15, 0.2) is 11.5 Å². The predicted molar refractivity (Wildman–Crippen MR) is 160 cm³/mol. The maximum absolute atomic E-state index is 13.7. The first-order chi connectivity index (χ1) is 19.1. The number of aromatic nitrogens is 2. The Morgan fingerprint density at radius 3 is 2.64 bits per heavy atom. The van der Waals surface area contributed by atoms with Gasteiger partial charge in [-0.15, -0.1) is 6.58 Å². The van der Waals surface area contributed by atoms with Crippen molar-refractivity contribution < 1.29 is 9.47 Å². The molecule has 1 saturated carbocycles. The number of ether oxygens (including phenoxy) is 2. The lowest BCUT2D eigenvalue weighted by Gasteiger charge is -2.22. The number of rotatable bonds is 9. The minimum Gasteiger partial charge on any atom is -0.493 e. The SMILES string of the molecule is C=CCc1cc(C=Nn2c(C3CCCCC3)nc3ccc(Br)cc3c2=O)cc(OC)c1OCc1ccccc1. The molecule has 4 aromatic rings. The standard InChI is InChI=1S/C32H32BrN3O3/c1-3-10-25-17-23(18-29(38-2)30(25)39-21-22-11-6-4-7-12-22)20-34-36-31(24-13-8-5-9-14-24)35-28-16-15-26(33)19-27(28)32(36)37/h3-4,6-7,11-12,15-20,24H,1,5,8-10,13-14,21H2,2H3. The predicted octanol–water partition coefficient (Wildman–Crippen LogP) is 7.41. The maximum Gasteiger partial charge on any atom is 0.282 e. The molecule has 3 aromatic carbocycles. The van der Waals surface area contributed by atoms with Gasteiger partial charge in [-0.2, -0.15) is 9.78 Å². The quantitative estimate of drug-likeness (QED) is 0.151. The van der Waals surface area contributed by atoms with E-state index in [-0.39, 0.29) is 11.5 Å². The van der Waals surface area contributed by atoms with Crippen LogP contribution >= 0.6 is 15.9 Å². The van der Waals surface area contributed by atoms with Crippen molar-refractivity contribution in [2.45, 2.75) is 51.0 Å². The van der Waals surface area contributed by atoms with E-state index in [2.05, 4.69) is 22.5 Å². The zero-order chi connectivity index (χ0) is 27.2. The number of halogens is 1. The van der Waals surface area contributed by atoms with Crippen LogP contribution in [-0.2, 0) is 13.0 Å². The molecule has 5 rings (SSSR count). The van der Waals surface area contributed by atoms with Gasteiger partial charge in [-0.25, -0.2) is 4.98 Å². The van der Waals surface area contributed by atoms with E-state index in [0.29, 0.717) is 35.4 Å². The summed E-state index contributed by atoms with van der Waals surface area (Å²) in [7, 11) is 1.63. The van der Waals surface area contributed by atoms with Crippen LogP contribution < -0.4 is 15.0 Å². The fraction of sp³-hybridized carbons (Fsp3) is 0.281. The number of allylic oxidation sites excluding steroid dienone is 1. The van der Waals surface area contributed by atoms with E-state index in [1.165, 1.54) is 11.1 Å². The van der Waals surface area contributed by atoms with Gasteiger partial charge in [0, 0.05) is 16.0 Å². The fourth-order valence-electron chi connectivity index (χ4n) is 5.14. The molecule has 1 fully saturated rings. The van der Waals surface area contributed by atoms with Crippen LogP contribution in [0.5, 0.6) is 11.5 Å². The van der Waals surface area contributed by atoms with Crippen LogP contribution in [0.4, 0.5) is 0 Å². The van der Waals surface area contributed by atoms with Crippen molar-refractivity contribution in [3.05, 3.63) is 111 Å². The van der Waals surface area contributed by atoms with Crippen LogP contribution in [-0.4, -0.2) is 23.0 Å². The molecule has 0 atom stereocenters. The minimum absolute atomic E-state index is 0.167. The zero-order valence-corrected chi connectivity index (χ0v) is 23.7. The van der Waals surface area contributed by atoms with Crippen LogP contribution in [0.3, 0.4) is 0 Å². The zero-order valence-electron chi connectivity index (χ0n) is 22.1. The number of hydrogen-bond acceptors (Lipinski definition) is 5. The van der Waals surface area contributed by atoms with Gasteiger partial charge in [0.2, 0.25) is 0 Å². The highest BCUT2D eigenvalue weighted by Gasteiger charge is 2.22. The van der Waals surface area contributed by atoms with Gasteiger partial charge < -0.3 is 9.47 Å². The van der Waals surface area contributed by atoms with Gasteiger partial charge in [0.05, 0.1) is 24.2 Å². The molecule has 0 unspecified atom stereocenters. The summed E-state index contributed by atoms with van der Waals surface area (Å²) in [5.74, 6) is 2.21. The molecule has 0 bridgehead atoms. The van der Waals surface area contributed by atoms with Gasteiger partial charge in [0.25, 0.3) is 5.56 Å². The summed E-state index contributed by atoms with van der Waals surface area (Å²) < 4.78 is 14.2. The lowest BCUT2D eigenvalue weighted by atomic mass is 9.88. The number of nitrogens with zero attached hydrogens (tertiary/aromatic N) is 3. The van der Waals surface area contributed by atoms with E-state index in [9.17, 15) is 4.79 Å². The third kappa shape index (κ3) is 6.14. The molecule has 0 aliphatic heterocycles. The normalized spacial score (nSPS) is 14.1. The molecule has 0 saturated heterocycles. The van der Waals surface area contributed by atoms with Crippen LogP contribution in [0.1, 0.15) is 60.5 Å². The summed E-state index contributed by atoms with van der Waals surface area (Å²) in [6.07, 6.45) is 9.64. The van der Waals surface area contributed by atoms with Gasteiger partial charge >= 0.3 is 0 Å². The molecule has 200 valence electrons. The molecule has 7 heteroatoms. The smallest absolute Gasteiger partial charge is 0.282 e. The van der Waals surface area contributed by atoms with E-state index in [1.807, 2.05) is 66.7 Å². The Labute approximate surface area is 237 Å². The molecule has 0 radical (unpaired) electrons. The van der Waals surface area contributed by atoms with Crippen molar-refractivity contribution in [1.82, 2.24) is 9.66 Å². The summed E-state index contributed by atoms with van der Waals surface area (Å²) in [6.45, 7) is 4.34. The summed E-state index contributed by atoms with van der Waals surface area (Å²) in [5.41, 5.74) is 3.33. The van der Waals surface area contributed by atoms with Gasteiger partial charge in [-0.3, -0.25) is 4.79 Å². The highest BCUT2D eigenvalue weighted by Crippen LogP contribution is 2.35. The van der Waals surface area contributed by atoms with Crippen LogP contribution in [0, 0.1) is 0 Å². The lowest BCUT2D eigenvalue weighted by molar-refractivity contribution is 0.282. The average molecular weight is 587 g/mol. The summed E-state index contributed by atoms with van der Waals surface area (Å²) >= 11 is 3.49. The summed E-state index contributed by atoms with van der Waals surface area (Å²) in [4.78, 5) is 18.6. The number of fused-ring (bicyclic) bond motifs is 1. The van der Waals surface area contributed by atoms with E-state index >= 15 is 0 Å². The Kier molecular flexibility index (Phi) is 8.57. The molecule has 0 N–H and O–H groups in total. The van der Waals surface area contributed by atoms with Crippen molar-refractivity contribution in [2.24, 2.45) is 5.10 Å². The number of methoxy groups -OCH3 is 1. The Bertz CT molecular complexity index is 1560. The summed E-state index contributed by atoms with van der Waals surface area (Å²) in [6, 6.07) is 19.5. The third-order valence-corrected chi connectivity index (χ3v) is 7.58. The van der Waals surface area contributed by atoms with E-state index in [0.717, 1.165) is 52.7 Å². The van der Waals surface area contributed by atoms with Crippen molar-refractivity contribution in [2.75, 3.05) is 7.11 Å². The largest absolute Gasteiger partial charge is 0.493 e. The van der Waals surface area contributed by atoms with E-state index < -0.39 is 0 Å². The molecule has 1 aliphatic rings. The fourth-order valence-corrected chi connectivity index (χ4v) is 5.50. The number of benzene rings is 3. The first kappa shape index (κ1) is 26.9. The number of hydrogen-bond donors (Lipinski definition) is 0. The topological polar surface area (TPSA) is 65.7 Å². The van der Waals surface area contributed by atoms with E-state index in [1.54, 1.807) is 13.3 Å². The summed E-state index contributed by atoms with van der Waals surface area (Å²) in [5, 5.41) is 5.25. The van der Waals surface area contributed by atoms with Crippen LogP contribution in [0.25, 0.3) is 10.9 Å². The first-order valence-electron chi connectivity index (χ1n) is 13.3. The van der Waals surface area contributed by atoms with Crippen molar-refractivity contribution >= 4 is 33.0 Å². The van der Waals surface area contributed by atoms with Crippen molar-refractivity contribution in [1.29, 1.82) is 0 Å². The maximum atomic E-state index is 13.7. The van der Waals surface area contributed by atoms with Gasteiger partial charge in [-0.1, -0.05) is 71.6 Å². The molecule has 0 spiro atoms. The van der Waals surface area contributed by atoms with E-state index in [4.69, 9.17) is 19.6 Å². The molecular formula is C32H32BrN3O3. The molecule has 6 nitrogen and oxygen atoms in total. The molecule has 1 aliphatic carbocycles. The average Bonchev–Trinajstić information content (AvgIpc) is 2.97. The second kappa shape index (κ2) is 12.4. The third-order valence-electron chi connectivity index (χ3n) is 7.09. The molecule has 1 heterocycles. The minimum atomic E-state index is -0.167. The van der Waals surface area contributed by atoms with Crippen LogP contribution in [0.2, 0.25) is 0 Å². The molecule has 0 amide bonds. The Morgan fingerprint density at radius 2 is 1.90 bits per heavy atom. The molecular weight excluding hydrogens is 554 g/mol. The highest BCUT2D eigenvalue weighted by atomic mass is 79.9. The molecule has 1 aromatic heterocycles. The van der Waals surface area contributed by atoms with Crippen LogP contribution in [0.15, 0.2) is 87.7 Å². The van der Waals surface area contributed by atoms with Crippen molar-refractivity contribution in [3.63, 3.8) is 0 Å². The lowest BCUT2D eigenvalue weighted by Crippen LogP contribution is -2.25. The Balaban J connectivity index is 1.54. The van der Waals surface area contributed by atoms with Crippen molar-refractivity contribution in [3.8, 4) is 11.5 Å². The van der Waals surface area contributed by atoms with Gasteiger partial charge in [-0.05, 0) is 60.7 Å². The monoisotopic (exact) mass is 585 g/mol. The van der Waals surface area contributed by atoms with Gasteiger partial charge in [0.1, 0.15) is 12.4 Å². The molecule has 39 heavy (non-hydrogen) atoms. The second-order valence-electron chi connectivity index (χ2n) is 9.81. The Morgan fingerprint density at radius 1 is 1.10 bits per heavy atom.